The molecule has 2 aromatic carbocycles. The van der Waals surface area contributed by atoms with Crippen LogP contribution < -0.4 is 36.2 Å². The lowest BCUT2D eigenvalue weighted by Crippen LogP contribution is -2.62. The molecule has 41 heavy (non-hydrogen) atoms. The van der Waals surface area contributed by atoms with Crippen LogP contribution in [0.2, 0.25) is 0 Å². The van der Waals surface area contributed by atoms with Gasteiger partial charge < -0.3 is 31.3 Å². The summed E-state index contributed by atoms with van der Waals surface area (Å²) in [5.74, 6) is 1.16. The fourth-order valence-corrected chi connectivity index (χ4v) is 7.85. The third-order valence-electron chi connectivity index (χ3n) is 8.27. The molecule has 0 aromatic heterocycles. The number of nitrogens with zero attached hydrogens (tertiary/aromatic N) is 1. The zero-order valence-electron chi connectivity index (χ0n) is 23.2. The SMILES string of the molecule is CNCC(=O)N[C@H]1CCC[C@H]1NC(=O)C1=C2NC(=O)N(c3ccc(Oc4ccccc4)cc3C)C3CCNC(S1)C23. The van der Waals surface area contributed by atoms with E-state index >= 15 is 0 Å². The van der Waals surface area contributed by atoms with Gasteiger partial charge in [-0.15, -0.1) is 0 Å². The number of thioether (sulfide) groups is 1. The molecule has 2 aromatic rings. The summed E-state index contributed by atoms with van der Waals surface area (Å²) in [6, 6.07) is 14.8. The Balaban J connectivity index is 1.21. The van der Waals surface area contributed by atoms with Crippen LogP contribution in [0.25, 0.3) is 0 Å². The van der Waals surface area contributed by atoms with E-state index in [1.54, 1.807) is 7.05 Å². The minimum Gasteiger partial charge on any atom is -0.457 e. The zero-order chi connectivity index (χ0) is 28.5. The van der Waals surface area contributed by atoms with Crippen molar-refractivity contribution in [1.82, 2.24) is 26.6 Å². The van der Waals surface area contributed by atoms with Crippen LogP contribution in [-0.4, -0.2) is 61.5 Å². The summed E-state index contributed by atoms with van der Waals surface area (Å²) in [6.45, 7) is 2.98. The summed E-state index contributed by atoms with van der Waals surface area (Å²) in [5, 5.41) is 15.7. The van der Waals surface area contributed by atoms with Gasteiger partial charge >= 0.3 is 6.03 Å². The van der Waals surface area contributed by atoms with Crippen molar-refractivity contribution in [2.75, 3.05) is 25.0 Å². The van der Waals surface area contributed by atoms with E-state index in [-0.39, 0.29) is 53.8 Å². The normalized spacial score (nSPS) is 26.8. The van der Waals surface area contributed by atoms with E-state index in [0.29, 0.717) is 16.4 Å². The maximum atomic E-state index is 13.6. The van der Waals surface area contributed by atoms with Crippen LogP contribution in [0.4, 0.5) is 10.5 Å². The van der Waals surface area contributed by atoms with E-state index in [2.05, 4.69) is 26.6 Å². The van der Waals surface area contributed by atoms with E-state index in [1.807, 2.05) is 60.4 Å². The Kier molecular flexibility index (Phi) is 7.92. The average Bonchev–Trinajstić information content (AvgIpc) is 3.55. The summed E-state index contributed by atoms with van der Waals surface area (Å²) < 4.78 is 6.00. The number of carbonyl (C=O) groups is 3. The molecule has 11 heteroatoms. The van der Waals surface area contributed by atoms with Crippen molar-refractivity contribution < 1.29 is 19.1 Å². The predicted octanol–water partition coefficient (Wildman–Crippen LogP) is 2.95. The number of amides is 4. The number of hydrogen-bond acceptors (Lipinski definition) is 7. The molecule has 3 heterocycles. The number of para-hydroxylation sites is 1. The molecule has 216 valence electrons. The predicted molar refractivity (Wildman–Crippen MR) is 159 cm³/mol. The van der Waals surface area contributed by atoms with Crippen LogP contribution >= 0.6 is 11.8 Å². The maximum Gasteiger partial charge on any atom is 0.326 e. The van der Waals surface area contributed by atoms with E-state index in [1.165, 1.54) is 11.8 Å². The Morgan fingerprint density at radius 3 is 2.59 bits per heavy atom. The molecule has 3 fully saturated rings. The van der Waals surface area contributed by atoms with Gasteiger partial charge in [-0.1, -0.05) is 30.0 Å². The molecular formula is C30H36N6O4S. The summed E-state index contributed by atoms with van der Waals surface area (Å²) in [4.78, 5) is 41.8. The quantitative estimate of drug-likeness (QED) is 0.327. The molecule has 4 amide bonds. The van der Waals surface area contributed by atoms with Gasteiger partial charge in [0.1, 0.15) is 11.5 Å². The molecule has 2 saturated heterocycles. The second-order valence-electron chi connectivity index (χ2n) is 11.0. The standard InChI is InChI=1S/C30H36N6O4S/c1-17-15-19(40-18-7-4-3-5-8-18)11-12-22(17)36-23-13-14-32-29-25(23)26(35-30(36)39)27(41-29)28(38)34-21-10-6-9-20(21)33-24(37)16-31-2/h3-5,7-8,11-12,15,20-21,23,25,29,31-32H,6,9-10,13-14,16H2,1-2H3,(H,33,37)(H,34,38)(H,35,39)/t20-,21+,23?,25?,29?/m0/s1. The van der Waals surface area contributed by atoms with Gasteiger partial charge in [-0.05, 0) is 82.1 Å². The van der Waals surface area contributed by atoms with Gasteiger partial charge in [0, 0.05) is 29.4 Å². The van der Waals surface area contributed by atoms with Crippen molar-refractivity contribution in [2.24, 2.45) is 5.92 Å². The first-order chi connectivity index (χ1) is 19.9. The Labute approximate surface area is 244 Å². The van der Waals surface area contributed by atoms with Crippen LogP contribution in [-0.2, 0) is 9.59 Å². The number of piperidine rings is 1. The molecule has 1 saturated carbocycles. The second kappa shape index (κ2) is 11.8. The molecule has 6 rings (SSSR count). The lowest BCUT2D eigenvalue weighted by atomic mass is 9.86. The molecule has 4 aliphatic rings. The Morgan fingerprint density at radius 2 is 1.83 bits per heavy atom. The summed E-state index contributed by atoms with van der Waals surface area (Å²) in [5.41, 5.74) is 2.47. The molecule has 5 atom stereocenters. The van der Waals surface area contributed by atoms with Crippen molar-refractivity contribution in [3.05, 3.63) is 64.7 Å². The van der Waals surface area contributed by atoms with Gasteiger partial charge in [-0.3, -0.25) is 14.5 Å². The van der Waals surface area contributed by atoms with E-state index in [9.17, 15) is 14.4 Å². The van der Waals surface area contributed by atoms with Gasteiger partial charge in [-0.25, -0.2) is 4.79 Å². The van der Waals surface area contributed by atoms with Crippen molar-refractivity contribution in [3.63, 3.8) is 0 Å². The highest BCUT2D eigenvalue weighted by Crippen LogP contribution is 2.48. The Hall–Kier alpha value is -3.54. The van der Waals surface area contributed by atoms with Crippen LogP contribution in [0.15, 0.2) is 59.1 Å². The number of anilines is 1. The van der Waals surface area contributed by atoms with Crippen LogP contribution in [0.5, 0.6) is 11.5 Å². The molecule has 0 radical (unpaired) electrons. The molecular weight excluding hydrogens is 540 g/mol. The fourth-order valence-electron chi connectivity index (χ4n) is 6.45. The van der Waals surface area contributed by atoms with Gasteiger partial charge in [-0.2, -0.15) is 0 Å². The first-order valence-corrected chi connectivity index (χ1v) is 15.1. The Bertz CT molecular complexity index is 1370. The van der Waals surface area contributed by atoms with Crippen LogP contribution in [0.1, 0.15) is 31.2 Å². The number of aryl methyl sites for hydroxylation is 1. The highest BCUT2D eigenvalue weighted by molar-refractivity contribution is 8.04. The molecule has 3 aliphatic heterocycles. The molecule has 3 unspecified atom stereocenters. The number of likely N-dealkylation sites (N-methyl/N-ethyl adjacent to an activating group) is 1. The first kappa shape index (κ1) is 27.6. The molecule has 1 aliphatic carbocycles. The largest absolute Gasteiger partial charge is 0.457 e. The highest BCUT2D eigenvalue weighted by Gasteiger charge is 2.52. The number of carbonyl (C=O) groups excluding carboxylic acids is 3. The molecule has 10 nitrogen and oxygen atoms in total. The summed E-state index contributed by atoms with van der Waals surface area (Å²) in [6.07, 6.45) is 3.34. The molecule has 0 bridgehead atoms. The van der Waals surface area contributed by atoms with Crippen LogP contribution in [0.3, 0.4) is 0 Å². The van der Waals surface area contributed by atoms with Gasteiger partial charge in [0.15, 0.2) is 0 Å². The Morgan fingerprint density at radius 1 is 1.05 bits per heavy atom. The zero-order valence-corrected chi connectivity index (χ0v) is 24.1. The van der Waals surface area contributed by atoms with Gasteiger partial charge in [0.05, 0.1) is 22.9 Å². The minimum absolute atomic E-state index is 0.0108. The maximum absolute atomic E-state index is 13.6. The summed E-state index contributed by atoms with van der Waals surface area (Å²) >= 11 is 1.49. The minimum atomic E-state index is -0.229. The number of ether oxygens (including phenoxy) is 1. The van der Waals surface area contributed by atoms with Crippen molar-refractivity contribution in [1.29, 1.82) is 0 Å². The number of rotatable bonds is 8. The number of benzene rings is 2. The van der Waals surface area contributed by atoms with E-state index in [0.717, 1.165) is 49.2 Å². The van der Waals surface area contributed by atoms with Gasteiger partial charge in [0.2, 0.25) is 5.91 Å². The lowest BCUT2D eigenvalue weighted by Gasteiger charge is -2.46. The highest BCUT2D eigenvalue weighted by atomic mass is 32.2. The average molecular weight is 577 g/mol. The number of urea groups is 1. The van der Waals surface area contributed by atoms with Crippen molar-refractivity contribution in [3.8, 4) is 11.5 Å². The number of hydrogen-bond donors (Lipinski definition) is 5. The smallest absolute Gasteiger partial charge is 0.326 e. The van der Waals surface area contributed by atoms with Crippen molar-refractivity contribution >= 4 is 35.3 Å². The third-order valence-corrected chi connectivity index (χ3v) is 9.63. The van der Waals surface area contributed by atoms with E-state index in [4.69, 9.17) is 4.74 Å². The third kappa shape index (κ3) is 5.53. The topological polar surface area (TPSA) is 124 Å². The first-order valence-electron chi connectivity index (χ1n) is 14.3. The lowest BCUT2D eigenvalue weighted by molar-refractivity contribution is -0.122. The molecule has 0 spiro atoms. The van der Waals surface area contributed by atoms with Gasteiger partial charge in [0.25, 0.3) is 5.91 Å². The monoisotopic (exact) mass is 576 g/mol. The summed E-state index contributed by atoms with van der Waals surface area (Å²) in [7, 11) is 1.73. The van der Waals surface area contributed by atoms with Crippen molar-refractivity contribution in [2.45, 2.75) is 56.1 Å². The molecule has 5 N–H and O–H groups in total. The number of nitrogens with one attached hydrogen (secondary N) is 5. The van der Waals surface area contributed by atoms with Crippen LogP contribution in [0, 0.1) is 12.8 Å². The fraction of sp³-hybridized carbons (Fsp3) is 0.433. The van der Waals surface area contributed by atoms with E-state index < -0.39 is 0 Å². The second-order valence-corrected chi connectivity index (χ2v) is 12.1.